The van der Waals surface area contributed by atoms with E-state index in [1.165, 1.54) is 0 Å². The van der Waals surface area contributed by atoms with Gasteiger partial charge in [-0.1, -0.05) is 0 Å². The summed E-state index contributed by atoms with van der Waals surface area (Å²) < 4.78 is 0.914. The molecule has 0 spiro atoms. The summed E-state index contributed by atoms with van der Waals surface area (Å²) in [4.78, 5) is 11.1. The van der Waals surface area contributed by atoms with Gasteiger partial charge in [0.25, 0.3) is 0 Å². The molecule has 4 heteroatoms. The van der Waals surface area contributed by atoms with Crippen LogP contribution in [0, 0.1) is 0 Å². The molecule has 2 rings (SSSR count). The Balaban J connectivity index is 2.13. The fourth-order valence-electron chi connectivity index (χ4n) is 1.56. The topological polar surface area (TPSA) is 37.3 Å². The number of carbonyl (C=O) groups is 1. The Morgan fingerprint density at radius 1 is 1.17 bits per heavy atom. The van der Waals surface area contributed by atoms with E-state index in [2.05, 4.69) is 0 Å². The zero-order valence-corrected chi connectivity index (χ0v) is 11.9. The molecule has 2 aromatic rings. The van der Waals surface area contributed by atoms with Crippen LogP contribution in [0.3, 0.4) is 0 Å². The standard InChI is InChI=1S/C14H11ClO2Se/c15-11-5-3-4-10(8-11)9-18-13-7-2-1-6-12(13)14(16)17/h1-8H,9H2,(H,16,17). The third-order valence-corrected chi connectivity index (χ3v) is 5.04. The molecule has 2 aromatic carbocycles. The third-order valence-electron chi connectivity index (χ3n) is 2.40. The molecule has 0 fully saturated rings. The van der Waals surface area contributed by atoms with Gasteiger partial charge >= 0.3 is 117 Å². The minimum atomic E-state index is -0.862. The van der Waals surface area contributed by atoms with Gasteiger partial charge in [-0.05, 0) is 0 Å². The predicted molar refractivity (Wildman–Crippen MR) is 73.9 cm³/mol. The summed E-state index contributed by atoms with van der Waals surface area (Å²) in [5.41, 5.74) is 1.54. The number of rotatable bonds is 4. The molecule has 0 unspecified atom stereocenters. The molecule has 2 nitrogen and oxygen atoms in total. The van der Waals surface area contributed by atoms with Crippen LogP contribution in [0.4, 0.5) is 0 Å². The number of aromatic carboxylic acids is 1. The normalized spacial score (nSPS) is 10.3. The van der Waals surface area contributed by atoms with Gasteiger partial charge in [0.05, 0.1) is 0 Å². The number of halogens is 1. The first-order valence-electron chi connectivity index (χ1n) is 5.36. The van der Waals surface area contributed by atoms with Crippen molar-refractivity contribution in [2.45, 2.75) is 5.32 Å². The summed E-state index contributed by atoms with van der Waals surface area (Å²) in [5, 5.41) is 10.7. The van der Waals surface area contributed by atoms with Gasteiger partial charge in [0.1, 0.15) is 0 Å². The van der Waals surface area contributed by atoms with E-state index < -0.39 is 5.97 Å². The quantitative estimate of drug-likeness (QED) is 0.877. The first kappa shape index (κ1) is 13.2. The Morgan fingerprint density at radius 2 is 1.94 bits per heavy atom. The van der Waals surface area contributed by atoms with Crippen LogP contribution in [-0.2, 0) is 5.32 Å². The second kappa shape index (κ2) is 6.05. The predicted octanol–water partition coefficient (Wildman–Crippen LogP) is 2.57. The Kier molecular flexibility index (Phi) is 4.43. The van der Waals surface area contributed by atoms with Crippen molar-refractivity contribution >= 4 is 37.0 Å². The Labute approximate surface area is 117 Å². The summed E-state index contributed by atoms with van der Waals surface area (Å²) >= 11 is 6.02. The van der Waals surface area contributed by atoms with Gasteiger partial charge in [-0.15, -0.1) is 0 Å². The van der Waals surface area contributed by atoms with Crippen LogP contribution in [0.5, 0.6) is 0 Å². The second-order valence-electron chi connectivity index (χ2n) is 3.72. The number of benzene rings is 2. The fraction of sp³-hybridized carbons (Fsp3) is 0.0714. The van der Waals surface area contributed by atoms with Crippen molar-refractivity contribution in [3.05, 3.63) is 64.7 Å². The molecule has 0 aliphatic carbocycles. The maximum absolute atomic E-state index is 11.1. The van der Waals surface area contributed by atoms with Crippen molar-refractivity contribution in [2.75, 3.05) is 0 Å². The van der Waals surface area contributed by atoms with Crippen molar-refractivity contribution in [1.29, 1.82) is 0 Å². The van der Waals surface area contributed by atoms with E-state index in [1.54, 1.807) is 12.1 Å². The number of carboxylic acids is 1. The van der Waals surface area contributed by atoms with E-state index in [1.807, 2.05) is 36.4 Å². The molecular formula is C14H11ClO2Se. The summed E-state index contributed by atoms with van der Waals surface area (Å²) in [6, 6.07) is 14.8. The molecule has 0 atom stereocenters. The third kappa shape index (κ3) is 3.36. The molecule has 0 saturated carbocycles. The van der Waals surface area contributed by atoms with Gasteiger partial charge < -0.3 is 0 Å². The molecule has 18 heavy (non-hydrogen) atoms. The monoisotopic (exact) mass is 326 g/mol. The van der Waals surface area contributed by atoms with Crippen molar-refractivity contribution in [3.63, 3.8) is 0 Å². The molecule has 0 heterocycles. The summed E-state index contributed by atoms with van der Waals surface area (Å²) in [7, 11) is 0. The number of hydrogen-bond acceptors (Lipinski definition) is 1. The van der Waals surface area contributed by atoms with Crippen molar-refractivity contribution in [3.8, 4) is 0 Å². The van der Waals surface area contributed by atoms with Crippen molar-refractivity contribution in [2.24, 2.45) is 0 Å². The van der Waals surface area contributed by atoms with Crippen LogP contribution in [0.1, 0.15) is 15.9 Å². The van der Waals surface area contributed by atoms with Crippen LogP contribution >= 0.6 is 11.6 Å². The molecule has 0 radical (unpaired) electrons. The first-order valence-corrected chi connectivity index (χ1v) is 7.81. The Bertz CT molecular complexity index is 569. The van der Waals surface area contributed by atoms with Gasteiger partial charge in [0, 0.05) is 0 Å². The van der Waals surface area contributed by atoms with Gasteiger partial charge in [-0.2, -0.15) is 0 Å². The molecule has 0 aliphatic heterocycles. The minimum absolute atomic E-state index is 0.0969. The SMILES string of the molecule is O=C(O)c1ccccc1[Se]Cc1cccc(Cl)c1. The average molecular weight is 326 g/mol. The maximum atomic E-state index is 11.1. The van der Waals surface area contributed by atoms with Gasteiger partial charge in [0.15, 0.2) is 0 Å². The molecule has 1 N–H and O–H groups in total. The Hall–Kier alpha value is -1.28. The number of hydrogen-bond donors (Lipinski definition) is 1. The van der Waals surface area contributed by atoms with E-state index in [0.29, 0.717) is 5.56 Å². The zero-order valence-electron chi connectivity index (χ0n) is 9.47. The van der Waals surface area contributed by atoms with Crippen molar-refractivity contribution in [1.82, 2.24) is 0 Å². The van der Waals surface area contributed by atoms with Crippen LogP contribution in [0.2, 0.25) is 5.02 Å². The molecule has 0 amide bonds. The van der Waals surface area contributed by atoms with Gasteiger partial charge in [-0.25, -0.2) is 0 Å². The van der Waals surface area contributed by atoms with Crippen molar-refractivity contribution < 1.29 is 9.90 Å². The van der Waals surface area contributed by atoms with Gasteiger partial charge in [-0.3, -0.25) is 0 Å². The van der Waals surface area contributed by atoms with E-state index in [9.17, 15) is 4.79 Å². The van der Waals surface area contributed by atoms with Gasteiger partial charge in [0.2, 0.25) is 0 Å². The van der Waals surface area contributed by atoms with Crippen LogP contribution in [-0.4, -0.2) is 26.0 Å². The molecule has 0 aliphatic rings. The van der Waals surface area contributed by atoms with E-state index >= 15 is 0 Å². The molecule has 0 bridgehead atoms. The zero-order chi connectivity index (χ0) is 13.0. The first-order chi connectivity index (χ1) is 8.66. The molecular weight excluding hydrogens is 315 g/mol. The van der Waals surface area contributed by atoms with E-state index in [4.69, 9.17) is 16.7 Å². The molecule has 0 saturated heterocycles. The van der Waals surface area contributed by atoms with E-state index in [-0.39, 0.29) is 15.0 Å². The van der Waals surface area contributed by atoms with Crippen LogP contribution < -0.4 is 4.46 Å². The number of carboxylic acid groups (broad SMARTS) is 1. The van der Waals surface area contributed by atoms with Crippen LogP contribution in [0.15, 0.2) is 48.5 Å². The molecule has 92 valence electrons. The summed E-state index contributed by atoms with van der Waals surface area (Å²) in [5.74, 6) is -0.862. The fourth-order valence-corrected chi connectivity index (χ4v) is 3.84. The molecule has 0 aromatic heterocycles. The van der Waals surface area contributed by atoms with E-state index in [0.717, 1.165) is 20.4 Å². The Morgan fingerprint density at radius 3 is 2.67 bits per heavy atom. The second-order valence-corrected chi connectivity index (χ2v) is 6.29. The average Bonchev–Trinajstić information content (AvgIpc) is 2.37. The van der Waals surface area contributed by atoms with Crippen LogP contribution in [0.25, 0.3) is 0 Å². The summed E-state index contributed by atoms with van der Waals surface area (Å²) in [6.45, 7) is 0. The summed E-state index contributed by atoms with van der Waals surface area (Å²) in [6.07, 6.45) is 0.